The zero-order chi connectivity index (χ0) is 13.5. The summed E-state index contributed by atoms with van der Waals surface area (Å²) in [7, 11) is 1.67. The molecule has 0 radical (unpaired) electrons. The molecule has 1 aliphatic rings. The molecule has 0 aromatic carbocycles. The topological polar surface area (TPSA) is 67.6 Å². The smallest absolute Gasteiger partial charge is 0.237 e. The molecule has 3 N–H and O–H groups in total. The molecule has 5 nitrogen and oxygen atoms in total. The third-order valence-electron chi connectivity index (χ3n) is 3.67. The molecule has 1 amide bonds. The van der Waals surface area contributed by atoms with Crippen molar-refractivity contribution in [2.24, 2.45) is 5.73 Å². The van der Waals surface area contributed by atoms with Crippen molar-refractivity contribution in [1.29, 1.82) is 0 Å². The fourth-order valence-electron chi connectivity index (χ4n) is 2.53. The molecule has 5 heteroatoms. The standard InChI is InChI=1S/C13H27N3O2/c1-10-9-12(14)5-7-16(10)11(2)13(17)15-6-4-8-18-3/h10-12H,4-9,14H2,1-3H3,(H,15,17). The number of nitrogens with one attached hydrogen (secondary N) is 1. The molecular weight excluding hydrogens is 230 g/mol. The van der Waals surface area contributed by atoms with Crippen LogP contribution in [0.3, 0.4) is 0 Å². The van der Waals surface area contributed by atoms with Gasteiger partial charge in [-0.05, 0) is 33.1 Å². The van der Waals surface area contributed by atoms with Crippen LogP contribution < -0.4 is 11.1 Å². The molecule has 18 heavy (non-hydrogen) atoms. The lowest BCUT2D eigenvalue weighted by atomic mass is 9.97. The van der Waals surface area contributed by atoms with Crippen molar-refractivity contribution in [1.82, 2.24) is 10.2 Å². The van der Waals surface area contributed by atoms with Gasteiger partial charge in [0.05, 0.1) is 6.04 Å². The Hall–Kier alpha value is -0.650. The van der Waals surface area contributed by atoms with Crippen molar-refractivity contribution < 1.29 is 9.53 Å². The van der Waals surface area contributed by atoms with Gasteiger partial charge in [0, 0.05) is 38.9 Å². The van der Waals surface area contributed by atoms with Crippen molar-refractivity contribution in [3.05, 3.63) is 0 Å². The minimum atomic E-state index is -0.0740. The number of nitrogens with zero attached hydrogens (tertiary/aromatic N) is 1. The Morgan fingerprint density at radius 2 is 2.33 bits per heavy atom. The monoisotopic (exact) mass is 257 g/mol. The SMILES string of the molecule is COCCCNC(=O)C(C)N1CCC(N)CC1C. The number of methoxy groups -OCH3 is 1. The lowest BCUT2D eigenvalue weighted by molar-refractivity contribution is -0.127. The van der Waals surface area contributed by atoms with Gasteiger partial charge in [-0.3, -0.25) is 9.69 Å². The van der Waals surface area contributed by atoms with Crippen LogP contribution in [-0.4, -0.2) is 55.7 Å². The number of nitrogens with two attached hydrogens (primary N) is 1. The number of hydrogen-bond acceptors (Lipinski definition) is 4. The van der Waals surface area contributed by atoms with E-state index in [1.807, 2.05) is 6.92 Å². The number of carbonyl (C=O) groups is 1. The van der Waals surface area contributed by atoms with Crippen LogP contribution in [0.5, 0.6) is 0 Å². The second-order valence-electron chi connectivity index (χ2n) is 5.18. The van der Waals surface area contributed by atoms with Crippen LogP contribution in [0.2, 0.25) is 0 Å². The van der Waals surface area contributed by atoms with Gasteiger partial charge in [0.2, 0.25) is 5.91 Å². The van der Waals surface area contributed by atoms with E-state index in [9.17, 15) is 4.79 Å². The van der Waals surface area contributed by atoms with Gasteiger partial charge in [-0.2, -0.15) is 0 Å². The lowest BCUT2D eigenvalue weighted by Gasteiger charge is -2.39. The molecule has 106 valence electrons. The van der Waals surface area contributed by atoms with Gasteiger partial charge >= 0.3 is 0 Å². The molecule has 3 unspecified atom stereocenters. The first kappa shape index (κ1) is 15.4. The zero-order valence-corrected chi connectivity index (χ0v) is 11.8. The second kappa shape index (κ2) is 7.71. The van der Waals surface area contributed by atoms with E-state index in [0.717, 1.165) is 25.8 Å². The van der Waals surface area contributed by atoms with Crippen LogP contribution >= 0.6 is 0 Å². The number of carbonyl (C=O) groups excluding carboxylic acids is 1. The van der Waals surface area contributed by atoms with Crippen LogP contribution in [0, 0.1) is 0 Å². The maximum atomic E-state index is 12.0. The van der Waals surface area contributed by atoms with Gasteiger partial charge in [0.15, 0.2) is 0 Å². The molecule has 0 bridgehead atoms. The second-order valence-corrected chi connectivity index (χ2v) is 5.18. The highest BCUT2D eigenvalue weighted by molar-refractivity contribution is 5.81. The Morgan fingerprint density at radius 3 is 2.94 bits per heavy atom. The number of likely N-dealkylation sites (tertiary alicyclic amines) is 1. The van der Waals surface area contributed by atoms with Gasteiger partial charge in [0.25, 0.3) is 0 Å². The average molecular weight is 257 g/mol. The predicted molar refractivity (Wildman–Crippen MR) is 72.3 cm³/mol. The molecule has 3 atom stereocenters. The van der Waals surface area contributed by atoms with Gasteiger partial charge in [0.1, 0.15) is 0 Å². The van der Waals surface area contributed by atoms with E-state index >= 15 is 0 Å². The Balaban J connectivity index is 2.33. The molecule has 1 aliphatic heterocycles. The van der Waals surface area contributed by atoms with E-state index in [-0.39, 0.29) is 18.0 Å². The normalized spacial score (nSPS) is 26.9. The summed E-state index contributed by atoms with van der Waals surface area (Å²) in [6, 6.07) is 0.594. The number of piperidine rings is 1. The Kier molecular flexibility index (Phi) is 6.60. The highest BCUT2D eigenvalue weighted by atomic mass is 16.5. The quantitative estimate of drug-likeness (QED) is 0.673. The van der Waals surface area contributed by atoms with Crippen molar-refractivity contribution in [3.63, 3.8) is 0 Å². The van der Waals surface area contributed by atoms with E-state index in [4.69, 9.17) is 10.5 Å². The summed E-state index contributed by atoms with van der Waals surface area (Å²) in [5, 5.41) is 2.95. The zero-order valence-electron chi connectivity index (χ0n) is 11.8. The minimum Gasteiger partial charge on any atom is -0.385 e. The Bertz CT molecular complexity index is 261. The van der Waals surface area contributed by atoms with Crippen LogP contribution in [0.15, 0.2) is 0 Å². The Morgan fingerprint density at radius 1 is 1.61 bits per heavy atom. The molecule has 0 saturated carbocycles. The molecule has 0 spiro atoms. The predicted octanol–water partition coefficient (Wildman–Crippen LogP) is 0.339. The summed E-state index contributed by atoms with van der Waals surface area (Å²) in [4.78, 5) is 14.3. The first-order valence-electron chi connectivity index (χ1n) is 6.84. The van der Waals surface area contributed by atoms with Crippen LogP contribution in [0.4, 0.5) is 0 Å². The highest BCUT2D eigenvalue weighted by Gasteiger charge is 2.29. The summed E-state index contributed by atoms with van der Waals surface area (Å²) < 4.78 is 4.95. The summed E-state index contributed by atoms with van der Waals surface area (Å²) >= 11 is 0. The minimum absolute atomic E-state index is 0.0740. The summed E-state index contributed by atoms with van der Waals surface area (Å²) in [5.74, 6) is 0.105. The van der Waals surface area contributed by atoms with E-state index in [2.05, 4.69) is 17.1 Å². The largest absolute Gasteiger partial charge is 0.385 e. The molecule has 1 heterocycles. The molecule has 0 aromatic rings. The van der Waals surface area contributed by atoms with Crippen molar-refractivity contribution in [3.8, 4) is 0 Å². The highest BCUT2D eigenvalue weighted by Crippen LogP contribution is 2.18. The summed E-state index contributed by atoms with van der Waals surface area (Å²) in [5.41, 5.74) is 5.94. The maximum Gasteiger partial charge on any atom is 0.237 e. The third kappa shape index (κ3) is 4.55. The van der Waals surface area contributed by atoms with Crippen molar-refractivity contribution >= 4 is 5.91 Å². The molecule has 1 rings (SSSR count). The van der Waals surface area contributed by atoms with Gasteiger partial charge in [-0.25, -0.2) is 0 Å². The summed E-state index contributed by atoms with van der Waals surface area (Å²) in [6.45, 7) is 6.39. The van der Waals surface area contributed by atoms with E-state index < -0.39 is 0 Å². The van der Waals surface area contributed by atoms with E-state index in [1.165, 1.54) is 0 Å². The maximum absolute atomic E-state index is 12.0. The number of rotatable bonds is 6. The van der Waals surface area contributed by atoms with E-state index in [1.54, 1.807) is 7.11 Å². The summed E-state index contributed by atoms with van der Waals surface area (Å²) in [6.07, 6.45) is 2.81. The fourth-order valence-corrected chi connectivity index (χ4v) is 2.53. The van der Waals surface area contributed by atoms with Crippen LogP contribution in [-0.2, 0) is 9.53 Å². The van der Waals surface area contributed by atoms with Gasteiger partial charge < -0.3 is 15.8 Å². The van der Waals surface area contributed by atoms with Gasteiger partial charge in [-0.1, -0.05) is 0 Å². The van der Waals surface area contributed by atoms with Crippen LogP contribution in [0.1, 0.15) is 33.1 Å². The van der Waals surface area contributed by atoms with Crippen LogP contribution in [0.25, 0.3) is 0 Å². The number of amides is 1. The van der Waals surface area contributed by atoms with Crippen molar-refractivity contribution in [2.45, 2.75) is 51.2 Å². The molecule has 0 aliphatic carbocycles. The molecule has 0 aromatic heterocycles. The first-order chi connectivity index (χ1) is 8.56. The van der Waals surface area contributed by atoms with E-state index in [0.29, 0.717) is 19.2 Å². The number of ether oxygens (including phenoxy) is 1. The third-order valence-corrected chi connectivity index (χ3v) is 3.67. The van der Waals surface area contributed by atoms with Crippen molar-refractivity contribution in [2.75, 3.05) is 26.8 Å². The van der Waals surface area contributed by atoms with Gasteiger partial charge in [-0.15, -0.1) is 0 Å². The molecular formula is C13H27N3O2. The molecule has 1 saturated heterocycles. The fraction of sp³-hybridized carbons (Fsp3) is 0.923. The number of hydrogen-bond donors (Lipinski definition) is 2. The first-order valence-corrected chi connectivity index (χ1v) is 6.84. The average Bonchev–Trinajstić information content (AvgIpc) is 2.33. The Labute approximate surface area is 110 Å². The lowest BCUT2D eigenvalue weighted by Crippen LogP contribution is -2.54. The molecule has 1 fully saturated rings.